The third kappa shape index (κ3) is 3.89. The van der Waals surface area contributed by atoms with Crippen molar-refractivity contribution in [3.8, 4) is 11.4 Å². The normalized spacial score (nSPS) is 19.9. The van der Waals surface area contributed by atoms with E-state index in [1.54, 1.807) is 0 Å². The van der Waals surface area contributed by atoms with Crippen molar-refractivity contribution in [2.75, 3.05) is 13.1 Å². The number of rotatable bonds is 3. The van der Waals surface area contributed by atoms with Crippen molar-refractivity contribution in [3.05, 3.63) is 35.7 Å². The highest BCUT2D eigenvalue weighted by Gasteiger charge is 2.30. The molecule has 1 fully saturated rings. The summed E-state index contributed by atoms with van der Waals surface area (Å²) in [7, 11) is 0. The van der Waals surface area contributed by atoms with E-state index in [-0.39, 0.29) is 17.5 Å². The minimum atomic E-state index is -4.41. The molecule has 1 unspecified atom stereocenters. The predicted octanol–water partition coefficient (Wildman–Crippen LogP) is 2.71. The lowest BCUT2D eigenvalue weighted by Crippen LogP contribution is -2.37. The van der Waals surface area contributed by atoms with Gasteiger partial charge in [-0.25, -0.2) is 0 Å². The lowest BCUT2D eigenvalue weighted by atomic mass is 10.1. The van der Waals surface area contributed by atoms with E-state index in [0.717, 1.165) is 31.5 Å². The molecule has 23 heavy (non-hydrogen) atoms. The molecule has 1 aliphatic heterocycles. The van der Waals surface area contributed by atoms with Crippen LogP contribution in [-0.4, -0.2) is 39.3 Å². The van der Waals surface area contributed by atoms with Crippen LogP contribution in [0.25, 0.3) is 11.4 Å². The van der Waals surface area contributed by atoms with Gasteiger partial charge in [-0.3, -0.25) is 4.90 Å². The van der Waals surface area contributed by atoms with Gasteiger partial charge in [0.15, 0.2) is 0 Å². The first-order valence-corrected chi connectivity index (χ1v) is 7.32. The Hall–Kier alpha value is -1.93. The molecular weight excluding hydrogens is 311 g/mol. The van der Waals surface area contributed by atoms with Crippen LogP contribution in [0.1, 0.15) is 24.3 Å². The fourth-order valence-electron chi connectivity index (χ4n) is 2.64. The lowest BCUT2D eigenvalue weighted by molar-refractivity contribution is -0.137. The minimum absolute atomic E-state index is 0.128. The maximum Gasteiger partial charge on any atom is 0.416 e. The van der Waals surface area contributed by atoms with E-state index < -0.39 is 11.7 Å². The molecule has 0 aliphatic carbocycles. The fraction of sp³-hybridized carbons (Fsp3) is 0.467. The molecule has 0 radical (unpaired) electrons. The van der Waals surface area contributed by atoms with Gasteiger partial charge >= 0.3 is 6.18 Å². The minimum Gasteiger partial charge on any atom is -0.392 e. The summed E-state index contributed by atoms with van der Waals surface area (Å²) in [5.41, 5.74) is -0.492. The molecule has 0 amide bonds. The van der Waals surface area contributed by atoms with Gasteiger partial charge in [-0.1, -0.05) is 17.3 Å². The Morgan fingerprint density at radius 2 is 2.17 bits per heavy atom. The fourth-order valence-corrected chi connectivity index (χ4v) is 2.64. The highest BCUT2D eigenvalue weighted by molar-refractivity contribution is 5.55. The van der Waals surface area contributed by atoms with E-state index in [4.69, 9.17) is 4.52 Å². The molecule has 1 aliphatic rings. The van der Waals surface area contributed by atoms with Gasteiger partial charge in [0.1, 0.15) is 0 Å². The van der Waals surface area contributed by atoms with Crippen molar-refractivity contribution in [3.63, 3.8) is 0 Å². The molecule has 1 N–H and O–H groups in total. The van der Waals surface area contributed by atoms with E-state index in [1.165, 1.54) is 12.1 Å². The summed E-state index contributed by atoms with van der Waals surface area (Å²) in [5, 5.41) is 13.4. The van der Waals surface area contributed by atoms with Gasteiger partial charge < -0.3 is 9.63 Å². The van der Waals surface area contributed by atoms with Gasteiger partial charge in [0.05, 0.1) is 18.2 Å². The molecule has 8 heteroatoms. The third-order valence-corrected chi connectivity index (χ3v) is 3.76. The highest BCUT2D eigenvalue weighted by Crippen LogP contribution is 2.31. The van der Waals surface area contributed by atoms with Crippen molar-refractivity contribution in [1.29, 1.82) is 0 Å². The summed E-state index contributed by atoms with van der Waals surface area (Å²) < 4.78 is 43.3. The van der Waals surface area contributed by atoms with Crippen LogP contribution in [0, 0.1) is 0 Å². The quantitative estimate of drug-likeness (QED) is 0.939. The largest absolute Gasteiger partial charge is 0.416 e. The molecule has 124 valence electrons. The Kier molecular flexibility index (Phi) is 4.36. The molecule has 5 nitrogen and oxygen atoms in total. The third-order valence-electron chi connectivity index (χ3n) is 3.76. The van der Waals surface area contributed by atoms with E-state index >= 15 is 0 Å². The Balaban J connectivity index is 1.74. The Labute approximate surface area is 130 Å². The molecule has 1 aromatic carbocycles. The van der Waals surface area contributed by atoms with Gasteiger partial charge in [-0.2, -0.15) is 18.2 Å². The molecule has 0 spiro atoms. The molecular formula is C15H16F3N3O2. The number of piperidine rings is 1. The molecule has 2 heterocycles. The second kappa shape index (κ2) is 6.29. The van der Waals surface area contributed by atoms with E-state index in [2.05, 4.69) is 10.1 Å². The monoisotopic (exact) mass is 327 g/mol. The van der Waals surface area contributed by atoms with Crippen molar-refractivity contribution in [2.45, 2.75) is 31.7 Å². The zero-order valence-corrected chi connectivity index (χ0v) is 12.3. The number of hydrogen-bond donors (Lipinski definition) is 1. The summed E-state index contributed by atoms with van der Waals surface area (Å²) in [5.74, 6) is 0.454. The Morgan fingerprint density at radius 1 is 1.35 bits per heavy atom. The van der Waals surface area contributed by atoms with Crippen LogP contribution in [0.2, 0.25) is 0 Å². The molecule has 3 rings (SSSR count). The van der Waals surface area contributed by atoms with Gasteiger partial charge in [-0.15, -0.1) is 0 Å². The van der Waals surface area contributed by atoms with Gasteiger partial charge in [0, 0.05) is 12.1 Å². The number of aromatic nitrogens is 2. The number of aliphatic hydroxyl groups excluding tert-OH is 1. The number of aliphatic hydroxyl groups is 1. The van der Waals surface area contributed by atoms with Crippen molar-refractivity contribution in [2.24, 2.45) is 0 Å². The zero-order chi connectivity index (χ0) is 16.4. The Bertz CT molecular complexity index is 672. The van der Waals surface area contributed by atoms with Crippen LogP contribution in [0.4, 0.5) is 13.2 Å². The van der Waals surface area contributed by atoms with Crippen LogP contribution in [-0.2, 0) is 12.7 Å². The molecule has 1 saturated heterocycles. The molecule has 2 aromatic rings. The molecule has 1 aromatic heterocycles. The second-order valence-electron chi connectivity index (χ2n) is 5.62. The summed E-state index contributed by atoms with van der Waals surface area (Å²) in [4.78, 5) is 6.14. The number of hydrogen-bond acceptors (Lipinski definition) is 5. The average Bonchev–Trinajstić information content (AvgIpc) is 2.95. The summed E-state index contributed by atoms with van der Waals surface area (Å²) >= 11 is 0. The smallest absolute Gasteiger partial charge is 0.392 e. The number of likely N-dealkylation sites (tertiary alicyclic amines) is 1. The number of halogens is 3. The highest BCUT2D eigenvalue weighted by atomic mass is 19.4. The average molecular weight is 327 g/mol. The van der Waals surface area contributed by atoms with Crippen molar-refractivity contribution >= 4 is 0 Å². The SMILES string of the molecule is OC1CCCN(Cc2nc(-c3cccc(C(F)(F)F)c3)no2)C1. The zero-order valence-electron chi connectivity index (χ0n) is 12.3. The van der Waals surface area contributed by atoms with E-state index in [0.29, 0.717) is 19.0 Å². The first-order chi connectivity index (χ1) is 10.9. The number of β-amino-alcohol motifs (C(OH)–C–C–N with tert-alkyl or cyclic N) is 1. The van der Waals surface area contributed by atoms with Crippen molar-refractivity contribution in [1.82, 2.24) is 15.0 Å². The first-order valence-electron chi connectivity index (χ1n) is 7.32. The summed E-state index contributed by atoms with van der Waals surface area (Å²) in [6, 6.07) is 4.82. The van der Waals surface area contributed by atoms with Crippen LogP contribution >= 0.6 is 0 Å². The standard InChI is InChI=1S/C15H16F3N3O2/c16-15(17,18)11-4-1-3-10(7-11)14-19-13(23-20-14)9-21-6-2-5-12(22)8-21/h1,3-4,7,12,22H,2,5-6,8-9H2. The summed E-state index contributed by atoms with van der Waals surface area (Å²) in [6.07, 6.45) is -3.12. The van der Waals surface area contributed by atoms with Crippen LogP contribution < -0.4 is 0 Å². The van der Waals surface area contributed by atoms with E-state index in [1.807, 2.05) is 4.90 Å². The van der Waals surface area contributed by atoms with E-state index in [9.17, 15) is 18.3 Å². The Morgan fingerprint density at radius 3 is 2.91 bits per heavy atom. The topological polar surface area (TPSA) is 62.4 Å². The predicted molar refractivity (Wildman–Crippen MR) is 75.3 cm³/mol. The van der Waals surface area contributed by atoms with Gasteiger partial charge in [-0.05, 0) is 31.5 Å². The maximum atomic E-state index is 12.7. The summed E-state index contributed by atoms with van der Waals surface area (Å²) in [6.45, 7) is 1.72. The number of benzene rings is 1. The lowest BCUT2D eigenvalue weighted by Gasteiger charge is -2.28. The van der Waals surface area contributed by atoms with Crippen LogP contribution in [0.3, 0.4) is 0 Å². The number of nitrogens with zero attached hydrogens (tertiary/aromatic N) is 3. The number of alkyl halides is 3. The van der Waals surface area contributed by atoms with Crippen LogP contribution in [0.15, 0.2) is 28.8 Å². The van der Waals surface area contributed by atoms with Crippen molar-refractivity contribution < 1.29 is 22.8 Å². The molecule has 0 bridgehead atoms. The molecule has 1 atom stereocenters. The van der Waals surface area contributed by atoms with Gasteiger partial charge in [0.2, 0.25) is 11.7 Å². The molecule has 0 saturated carbocycles. The van der Waals surface area contributed by atoms with Gasteiger partial charge in [0.25, 0.3) is 0 Å². The maximum absolute atomic E-state index is 12.7. The second-order valence-corrected chi connectivity index (χ2v) is 5.62. The van der Waals surface area contributed by atoms with Crippen LogP contribution in [0.5, 0.6) is 0 Å². The first kappa shape index (κ1) is 15.9.